The fourth-order valence-corrected chi connectivity index (χ4v) is 3.18. The van der Waals surface area contributed by atoms with E-state index in [1.807, 2.05) is 42.5 Å². The first-order valence-corrected chi connectivity index (χ1v) is 7.79. The summed E-state index contributed by atoms with van der Waals surface area (Å²) >= 11 is 1.58. The van der Waals surface area contributed by atoms with Crippen LogP contribution in [0.25, 0.3) is 10.9 Å². The summed E-state index contributed by atoms with van der Waals surface area (Å²) in [7, 11) is 0. The number of ketones is 1. The van der Waals surface area contributed by atoms with Crippen molar-refractivity contribution in [3.63, 3.8) is 0 Å². The lowest BCUT2D eigenvalue weighted by atomic mass is 10.1. The van der Waals surface area contributed by atoms with Gasteiger partial charge >= 0.3 is 0 Å². The van der Waals surface area contributed by atoms with E-state index in [1.54, 1.807) is 18.0 Å². The largest absolute Gasteiger partial charge is 0.293 e. The fourth-order valence-electron chi connectivity index (χ4n) is 2.27. The number of nitrogens with zero attached hydrogens (tertiary/aromatic N) is 1. The summed E-state index contributed by atoms with van der Waals surface area (Å²) in [6, 6.07) is 17.7. The van der Waals surface area contributed by atoms with Crippen LogP contribution in [0.2, 0.25) is 0 Å². The van der Waals surface area contributed by atoms with Gasteiger partial charge in [-0.2, -0.15) is 0 Å². The van der Waals surface area contributed by atoms with E-state index in [-0.39, 0.29) is 5.78 Å². The number of rotatable bonds is 4. The predicted octanol–water partition coefficient (Wildman–Crippen LogP) is 4.52. The number of carbonyl (C=O) groups excluding carboxylic acids is 1. The third kappa shape index (κ3) is 2.98. The van der Waals surface area contributed by atoms with E-state index in [0.717, 1.165) is 15.8 Å². The van der Waals surface area contributed by atoms with Gasteiger partial charge < -0.3 is 0 Å². The minimum absolute atomic E-state index is 0.118. The van der Waals surface area contributed by atoms with Crippen LogP contribution >= 0.6 is 11.8 Å². The number of Topliss-reactive ketones (excluding diaryl/α,β-unsaturated/α-hetero) is 1. The molecule has 0 aliphatic heterocycles. The van der Waals surface area contributed by atoms with Gasteiger partial charge in [0.15, 0.2) is 5.78 Å². The molecule has 0 N–H and O–H groups in total. The molecular formula is C18H15NOS. The van der Waals surface area contributed by atoms with Crippen LogP contribution < -0.4 is 0 Å². The summed E-state index contributed by atoms with van der Waals surface area (Å²) in [6.07, 6.45) is 1.73. The quantitative estimate of drug-likeness (QED) is 0.523. The Balaban J connectivity index is 1.83. The van der Waals surface area contributed by atoms with Gasteiger partial charge in [0.25, 0.3) is 0 Å². The van der Waals surface area contributed by atoms with E-state index in [2.05, 4.69) is 24.0 Å². The Hall–Kier alpha value is -2.13. The van der Waals surface area contributed by atoms with Crippen LogP contribution in [-0.4, -0.2) is 16.5 Å². The molecule has 0 aliphatic carbocycles. The van der Waals surface area contributed by atoms with Crippen molar-refractivity contribution in [2.45, 2.75) is 11.8 Å². The number of pyridine rings is 1. The topological polar surface area (TPSA) is 30.0 Å². The molecule has 1 aromatic heterocycles. The Kier molecular flexibility index (Phi) is 4.02. The number of aryl methyl sites for hydroxylation is 1. The molecule has 2 aromatic carbocycles. The number of thioether (sulfide) groups is 1. The van der Waals surface area contributed by atoms with Crippen LogP contribution in [0.3, 0.4) is 0 Å². The highest BCUT2D eigenvalue weighted by Crippen LogP contribution is 2.24. The summed E-state index contributed by atoms with van der Waals surface area (Å²) in [5.41, 5.74) is 2.69. The molecule has 0 spiro atoms. The Morgan fingerprint density at radius 1 is 1.05 bits per heavy atom. The number of hydrogen-bond donors (Lipinski definition) is 0. The second-order valence-electron chi connectivity index (χ2n) is 4.86. The lowest BCUT2D eigenvalue weighted by Crippen LogP contribution is -2.04. The monoisotopic (exact) mass is 293 g/mol. The number of aromatic nitrogens is 1. The van der Waals surface area contributed by atoms with Gasteiger partial charge in [0.05, 0.1) is 11.3 Å². The molecule has 1 heterocycles. The van der Waals surface area contributed by atoms with Crippen molar-refractivity contribution < 1.29 is 4.79 Å². The van der Waals surface area contributed by atoms with Crippen LogP contribution in [0.4, 0.5) is 0 Å². The van der Waals surface area contributed by atoms with Crippen molar-refractivity contribution in [3.8, 4) is 0 Å². The molecule has 2 nitrogen and oxygen atoms in total. The lowest BCUT2D eigenvalue weighted by molar-refractivity contribution is 0.102. The zero-order valence-electron chi connectivity index (χ0n) is 11.7. The molecule has 0 amide bonds. The summed E-state index contributed by atoms with van der Waals surface area (Å²) in [5.74, 6) is 0.549. The maximum Gasteiger partial charge on any atom is 0.175 e. The SMILES string of the molecule is Cc1ccccc1SCC(=O)c1cccc2cccnc12. The number of fused-ring (bicyclic) bond motifs is 1. The van der Waals surface area contributed by atoms with Crippen LogP contribution in [0.1, 0.15) is 15.9 Å². The van der Waals surface area contributed by atoms with Gasteiger partial charge in [0, 0.05) is 22.0 Å². The molecule has 3 aromatic rings. The Morgan fingerprint density at radius 3 is 2.71 bits per heavy atom. The van der Waals surface area contributed by atoms with Gasteiger partial charge in [-0.3, -0.25) is 9.78 Å². The first-order chi connectivity index (χ1) is 10.3. The van der Waals surface area contributed by atoms with Crippen LogP contribution in [-0.2, 0) is 0 Å². The highest BCUT2D eigenvalue weighted by Gasteiger charge is 2.11. The van der Waals surface area contributed by atoms with Crippen LogP contribution in [0, 0.1) is 6.92 Å². The molecule has 0 unspecified atom stereocenters. The number of hydrogen-bond acceptors (Lipinski definition) is 3. The van der Waals surface area contributed by atoms with Gasteiger partial charge in [0.2, 0.25) is 0 Å². The third-order valence-electron chi connectivity index (χ3n) is 3.39. The van der Waals surface area contributed by atoms with E-state index in [4.69, 9.17) is 0 Å². The molecule has 3 heteroatoms. The first-order valence-electron chi connectivity index (χ1n) is 6.81. The van der Waals surface area contributed by atoms with Gasteiger partial charge in [0.1, 0.15) is 0 Å². The molecule has 0 saturated carbocycles. The Bertz CT molecular complexity index is 793. The Morgan fingerprint density at radius 2 is 1.86 bits per heavy atom. The average molecular weight is 293 g/mol. The highest BCUT2D eigenvalue weighted by molar-refractivity contribution is 8.00. The van der Waals surface area contributed by atoms with Gasteiger partial charge in [-0.05, 0) is 30.7 Å². The Labute approximate surface area is 128 Å². The average Bonchev–Trinajstić information content (AvgIpc) is 2.53. The van der Waals surface area contributed by atoms with Gasteiger partial charge in [-0.15, -0.1) is 11.8 Å². The van der Waals surface area contributed by atoms with Crippen molar-refractivity contribution in [2.24, 2.45) is 0 Å². The molecule has 0 aliphatic rings. The summed E-state index contributed by atoms with van der Waals surface area (Å²) < 4.78 is 0. The van der Waals surface area contributed by atoms with E-state index in [1.165, 1.54) is 5.56 Å². The maximum atomic E-state index is 12.5. The van der Waals surface area contributed by atoms with Crippen molar-refractivity contribution in [1.82, 2.24) is 4.98 Å². The van der Waals surface area contributed by atoms with Crippen molar-refractivity contribution in [3.05, 3.63) is 71.9 Å². The molecule has 0 bridgehead atoms. The van der Waals surface area contributed by atoms with E-state index in [0.29, 0.717) is 11.3 Å². The van der Waals surface area contributed by atoms with Crippen molar-refractivity contribution in [2.75, 3.05) is 5.75 Å². The number of benzene rings is 2. The molecular weight excluding hydrogens is 278 g/mol. The zero-order chi connectivity index (χ0) is 14.7. The highest BCUT2D eigenvalue weighted by atomic mass is 32.2. The summed E-state index contributed by atoms with van der Waals surface area (Å²) in [6.45, 7) is 2.06. The van der Waals surface area contributed by atoms with Crippen molar-refractivity contribution in [1.29, 1.82) is 0 Å². The molecule has 0 saturated heterocycles. The summed E-state index contributed by atoms with van der Waals surface area (Å²) in [4.78, 5) is 18.0. The minimum atomic E-state index is 0.118. The molecule has 0 atom stereocenters. The molecule has 104 valence electrons. The van der Waals surface area contributed by atoms with E-state index < -0.39 is 0 Å². The number of carbonyl (C=O) groups is 1. The smallest absolute Gasteiger partial charge is 0.175 e. The second kappa shape index (κ2) is 6.10. The number of para-hydroxylation sites is 1. The third-order valence-corrected chi connectivity index (χ3v) is 4.56. The zero-order valence-corrected chi connectivity index (χ0v) is 12.6. The standard InChI is InChI=1S/C18H15NOS/c1-13-6-2-3-10-17(13)21-12-16(20)15-9-4-7-14-8-5-11-19-18(14)15/h2-11H,12H2,1H3. The lowest BCUT2D eigenvalue weighted by Gasteiger charge is -2.06. The van der Waals surface area contributed by atoms with Crippen LogP contribution in [0.15, 0.2) is 65.7 Å². The predicted molar refractivity (Wildman–Crippen MR) is 88.0 cm³/mol. The molecule has 0 radical (unpaired) electrons. The molecule has 0 fully saturated rings. The minimum Gasteiger partial charge on any atom is -0.293 e. The van der Waals surface area contributed by atoms with Crippen LogP contribution in [0.5, 0.6) is 0 Å². The van der Waals surface area contributed by atoms with E-state index in [9.17, 15) is 4.79 Å². The molecule has 21 heavy (non-hydrogen) atoms. The summed E-state index contributed by atoms with van der Waals surface area (Å²) in [5, 5.41) is 1.00. The molecule has 3 rings (SSSR count). The van der Waals surface area contributed by atoms with E-state index >= 15 is 0 Å². The normalized spacial score (nSPS) is 10.7. The first kappa shape index (κ1) is 13.8. The second-order valence-corrected chi connectivity index (χ2v) is 5.88. The fraction of sp³-hybridized carbons (Fsp3) is 0.111. The van der Waals surface area contributed by atoms with Crippen molar-refractivity contribution >= 4 is 28.4 Å². The van der Waals surface area contributed by atoms with Gasteiger partial charge in [-0.1, -0.05) is 36.4 Å². The maximum absolute atomic E-state index is 12.5. The van der Waals surface area contributed by atoms with Gasteiger partial charge in [-0.25, -0.2) is 0 Å².